The lowest BCUT2D eigenvalue weighted by Crippen LogP contribution is -2.43. The van der Waals surface area contributed by atoms with Crippen molar-refractivity contribution in [2.75, 3.05) is 19.0 Å². The van der Waals surface area contributed by atoms with Crippen LogP contribution >= 0.6 is 12.4 Å². The Kier molecular flexibility index (Phi) is 6.12. The Labute approximate surface area is 120 Å². The van der Waals surface area contributed by atoms with Crippen molar-refractivity contribution in [1.29, 1.82) is 0 Å². The molecule has 1 aromatic rings. The van der Waals surface area contributed by atoms with E-state index in [0.29, 0.717) is 0 Å². The maximum Gasteiger partial charge on any atom is 0.241 e. The van der Waals surface area contributed by atoms with Gasteiger partial charge in [-0.3, -0.25) is 4.79 Å². The van der Waals surface area contributed by atoms with Crippen LogP contribution in [0.4, 0.5) is 5.69 Å². The van der Waals surface area contributed by atoms with Gasteiger partial charge in [-0.05, 0) is 50.1 Å². The maximum atomic E-state index is 12.1. The molecular formula is C14H21ClN2O2. The fourth-order valence-electron chi connectivity index (χ4n) is 2.20. The third-order valence-electron chi connectivity index (χ3n) is 3.32. The first-order chi connectivity index (χ1) is 8.70. The molecule has 1 fully saturated rings. The highest BCUT2D eigenvalue weighted by Gasteiger charge is 2.20. The largest absolute Gasteiger partial charge is 0.497 e. The van der Waals surface area contributed by atoms with Crippen molar-refractivity contribution in [2.24, 2.45) is 0 Å². The van der Waals surface area contributed by atoms with Crippen molar-refractivity contribution >= 4 is 24.0 Å². The molecule has 0 bridgehead atoms. The lowest BCUT2D eigenvalue weighted by atomic mass is 10.0. The maximum absolute atomic E-state index is 12.1. The molecule has 19 heavy (non-hydrogen) atoms. The number of carbonyl (C=O) groups excluding carboxylic acids is 1. The Bertz CT molecular complexity index is 431. The van der Waals surface area contributed by atoms with Crippen molar-refractivity contribution < 1.29 is 9.53 Å². The number of piperidine rings is 1. The molecule has 2 N–H and O–H groups in total. The van der Waals surface area contributed by atoms with Gasteiger partial charge in [-0.1, -0.05) is 6.42 Å². The molecule has 0 aliphatic carbocycles. The molecule has 1 heterocycles. The van der Waals surface area contributed by atoms with Gasteiger partial charge in [0.1, 0.15) is 5.75 Å². The fourth-order valence-corrected chi connectivity index (χ4v) is 2.20. The van der Waals surface area contributed by atoms with Gasteiger partial charge in [-0.15, -0.1) is 12.4 Å². The summed E-state index contributed by atoms with van der Waals surface area (Å²) in [6.07, 6.45) is 3.19. The topological polar surface area (TPSA) is 50.4 Å². The van der Waals surface area contributed by atoms with Crippen LogP contribution in [0.5, 0.6) is 5.75 Å². The molecule has 1 amide bonds. The van der Waals surface area contributed by atoms with E-state index in [1.54, 1.807) is 7.11 Å². The summed E-state index contributed by atoms with van der Waals surface area (Å²) >= 11 is 0. The van der Waals surface area contributed by atoms with Crippen LogP contribution < -0.4 is 15.4 Å². The molecule has 106 valence electrons. The van der Waals surface area contributed by atoms with E-state index >= 15 is 0 Å². The Morgan fingerprint density at radius 2 is 2.21 bits per heavy atom. The number of carbonyl (C=O) groups is 1. The molecule has 1 aromatic carbocycles. The van der Waals surface area contributed by atoms with E-state index in [1.165, 1.54) is 0 Å². The molecule has 0 aromatic heterocycles. The van der Waals surface area contributed by atoms with Crippen LogP contribution in [0.2, 0.25) is 0 Å². The van der Waals surface area contributed by atoms with E-state index < -0.39 is 0 Å². The molecular weight excluding hydrogens is 264 g/mol. The molecule has 4 nitrogen and oxygen atoms in total. The number of rotatable bonds is 3. The predicted molar refractivity (Wildman–Crippen MR) is 79.3 cm³/mol. The van der Waals surface area contributed by atoms with Gasteiger partial charge >= 0.3 is 0 Å². The van der Waals surface area contributed by atoms with E-state index in [1.807, 2.05) is 25.1 Å². The van der Waals surface area contributed by atoms with E-state index in [2.05, 4.69) is 10.6 Å². The summed E-state index contributed by atoms with van der Waals surface area (Å²) in [5, 5.41) is 6.22. The SMILES string of the molecule is COc1ccc(NC(=O)[C@@H]2CCCCN2)c(C)c1.Cl. The minimum atomic E-state index is -0.0553. The molecule has 0 radical (unpaired) electrons. The van der Waals surface area contributed by atoms with Crippen molar-refractivity contribution in [2.45, 2.75) is 32.2 Å². The third kappa shape index (κ3) is 4.11. The van der Waals surface area contributed by atoms with Crippen LogP contribution in [0.25, 0.3) is 0 Å². The summed E-state index contributed by atoms with van der Waals surface area (Å²) in [6.45, 7) is 2.89. The average molecular weight is 285 g/mol. The quantitative estimate of drug-likeness (QED) is 0.897. The number of hydrogen-bond acceptors (Lipinski definition) is 3. The lowest BCUT2D eigenvalue weighted by molar-refractivity contribution is -0.118. The summed E-state index contributed by atoms with van der Waals surface area (Å²) in [4.78, 5) is 12.1. The first-order valence-electron chi connectivity index (χ1n) is 6.39. The molecule has 1 atom stereocenters. The number of nitrogens with one attached hydrogen (secondary N) is 2. The number of ether oxygens (including phenoxy) is 1. The van der Waals surface area contributed by atoms with E-state index in [-0.39, 0.29) is 24.4 Å². The second-order valence-electron chi connectivity index (χ2n) is 4.67. The number of amides is 1. The average Bonchev–Trinajstić information content (AvgIpc) is 2.42. The van der Waals surface area contributed by atoms with Crippen LogP contribution in [-0.2, 0) is 4.79 Å². The second-order valence-corrected chi connectivity index (χ2v) is 4.67. The Balaban J connectivity index is 0.00000180. The summed E-state index contributed by atoms with van der Waals surface area (Å²) in [5.41, 5.74) is 1.87. The van der Waals surface area contributed by atoms with Crippen molar-refractivity contribution in [1.82, 2.24) is 5.32 Å². The standard InChI is InChI=1S/C14H20N2O2.ClH/c1-10-9-11(18-2)6-7-12(10)16-14(17)13-5-3-4-8-15-13;/h6-7,9,13,15H,3-5,8H2,1-2H3,(H,16,17);1H/t13-;/m0./s1. The summed E-state index contributed by atoms with van der Waals surface area (Å²) < 4.78 is 5.15. The lowest BCUT2D eigenvalue weighted by Gasteiger charge is -2.23. The normalized spacial score (nSPS) is 18.3. The number of anilines is 1. The number of halogens is 1. The van der Waals surface area contributed by atoms with Crippen molar-refractivity contribution in [3.63, 3.8) is 0 Å². The first-order valence-corrected chi connectivity index (χ1v) is 6.39. The fraction of sp³-hybridized carbons (Fsp3) is 0.500. The van der Waals surface area contributed by atoms with Crippen LogP contribution in [-0.4, -0.2) is 25.6 Å². The highest BCUT2D eigenvalue weighted by molar-refractivity contribution is 5.95. The summed E-state index contributed by atoms with van der Waals surface area (Å²) in [5.74, 6) is 0.865. The van der Waals surface area contributed by atoms with Gasteiger partial charge in [0.25, 0.3) is 0 Å². The zero-order valence-corrected chi connectivity index (χ0v) is 12.2. The van der Waals surface area contributed by atoms with Gasteiger partial charge < -0.3 is 15.4 Å². The number of methoxy groups -OCH3 is 1. The van der Waals surface area contributed by atoms with Gasteiger partial charge in [-0.25, -0.2) is 0 Å². The van der Waals surface area contributed by atoms with E-state index in [9.17, 15) is 4.79 Å². The molecule has 0 spiro atoms. The minimum Gasteiger partial charge on any atom is -0.497 e. The molecule has 1 aliphatic rings. The van der Waals surface area contributed by atoms with E-state index in [4.69, 9.17) is 4.74 Å². The van der Waals surface area contributed by atoms with Crippen molar-refractivity contribution in [3.05, 3.63) is 23.8 Å². The molecule has 5 heteroatoms. The van der Waals surface area contributed by atoms with Gasteiger partial charge in [0.2, 0.25) is 5.91 Å². The highest BCUT2D eigenvalue weighted by Crippen LogP contribution is 2.21. The molecule has 1 aliphatic heterocycles. The van der Waals surface area contributed by atoms with Gasteiger partial charge in [-0.2, -0.15) is 0 Å². The van der Waals surface area contributed by atoms with Crippen LogP contribution in [0.15, 0.2) is 18.2 Å². The number of benzene rings is 1. The minimum absolute atomic E-state index is 0. The summed E-state index contributed by atoms with van der Waals surface area (Å²) in [6, 6.07) is 5.61. The third-order valence-corrected chi connectivity index (χ3v) is 3.32. The molecule has 1 saturated heterocycles. The number of aryl methyl sites for hydroxylation is 1. The van der Waals surface area contributed by atoms with Crippen LogP contribution in [0, 0.1) is 6.92 Å². The molecule has 0 unspecified atom stereocenters. The first kappa shape index (κ1) is 15.8. The smallest absolute Gasteiger partial charge is 0.241 e. The van der Waals surface area contributed by atoms with Gasteiger partial charge in [0.15, 0.2) is 0 Å². The second kappa shape index (κ2) is 7.36. The Morgan fingerprint density at radius 3 is 2.79 bits per heavy atom. The zero-order valence-electron chi connectivity index (χ0n) is 11.4. The van der Waals surface area contributed by atoms with Gasteiger partial charge in [0.05, 0.1) is 13.2 Å². The predicted octanol–water partition coefficient (Wildman–Crippen LogP) is 2.51. The van der Waals surface area contributed by atoms with Crippen molar-refractivity contribution in [3.8, 4) is 5.75 Å². The number of hydrogen-bond donors (Lipinski definition) is 2. The Hall–Kier alpha value is -1.26. The Morgan fingerprint density at radius 1 is 1.42 bits per heavy atom. The van der Waals surface area contributed by atoms with Crippen LogP contribution in [0.3, 0.4) is 0 Å². The van der Waals surface area contributed by atoms with Gasteiger partial charge in [0, 0.05) is 5.69 Å². The highest BCUT2D eigenvalue weighted by atomic mass is 35.5. The molecule has 0 saturated carbocycles. The van der Waals surface area contributed by atoms with E-state index in [0.717, 1.165) is 42.8 Å². The summed E-state index contributed by atoms with van der Waals surface area (Å²) in [7, 11) is 1.64. The van der Waals surface area contributed by atoms with Crippen LogP contribution in [0.1, 0.15) is 24.8 Å². The monoisotopic (exact) mass is 284 g/mol. The molecule has 2 rings (SSSR count). The zero-order chi connectivity index (χ0) is 13.0.